The summed E-state index contributed by atoms with van der Waals surface area (Å²) >= 11 is 7.21. The first-order valence-corrected chi connectivity index (χ1v) is 8.12. The third kappa shape index (κ3) is 3.63. The van der Waals surface area contributed by atoms with Crippen molar-refractivity contribution < 1.29 is 8.42 Å². The van der Waals surface area contributed by atoms with Crippen molar-refractivity contribution in [3.63, 3.8) is 0 Å². The molecule has 0 saturated carbocycles. The molecule has 0 bridgehead atoms. The number of rotatable bonds is 2. The van der Waals surface area contributed by atoms with Crippen LogP contribution in [0.3, 0.4) is 0 Å². The first-order valence-electron chi connectivity index (χ1n) is 4.67. The van der Waals surface area contributed by atoms with Crippen LogP contribution in [0, 0.1) is 11.5 Å². The predicted octanol–water partition coefficient (Wildman–Crippen LogP) is 2.25. The molecule has 0 unspecified atom stereocenters. The smallest absolute Gasteiger partial charge is 0.208 e. The highest BCUT2D eigenvalue weighted by atomic mass is 35.5. The van der Waals surface area contributed by atoms with Gasteiger partial charge < -0.3 is 0 Å². The molecule has 8 heteroatoms. The van der Waals surface area contributed by atoms with Crippen LogP contribution in [0.1, 0.15) is 0 Å². The number of nitrogens with zero attached hydrogens (tertiary/aromatic N) is 3. The fraction of sp³-hybridized carbons (Fsp3) is 0.200. The predicted molar refractivity (Wildman–Crippen MR) is 74.4 cm³/mol. The molecule has 0 fully saturated rings. The van der Waals surface area contributed by atoms with Gasteiger partial charge in [-0.1, -0.05) is 11.8 Å². The third-order valence-electron chi connectivity index (χ3n) is 1.99. The van der Waals surface area contributed by atoms with Crippen LogP contribution in [0.2, 0.25) is 0 Å². The molecule has 18 heavy (non-hydrogen) atoms. The number of benzene rings is 1. The third-order valence-corrected chi connectivity index (χ3v) is 4.21. The van der Waals surface area contributed by atoms with Crippen molar-refractivity contribution >= 4 is 44.2 Å². The lowest BCUT2D eigenvalue weighted by Crippen LogP contribution is -2.16. The minimum Gasteiger partial charge on any atom is -0.230 e. The maximum Gasteiger partial charge on any atom is 0.208 e. The van der Waals surface area contributed by atoms with Crippen LogP contribution in [0.4, 0.5) is 5.69 Å². The van der Waals surface area contributed by atoms with Crippen LogP contribution in [0.25, 0.3) is 0 Å². The van der Waals surface area contributed by atoms with Gasteiger partial charge in [0, 0.05) is 18.0 Å². The van der Waals surface area contributed by atoms with E-state index in [9.17, 15) is 8.42 Å². The summed E-state index contributed by atoms with van der Waals surface area (Å²) in [4.78, 5) is 3.76. The summed E-state index contributed by atoms with van der Waals surface area (Å²) in [7, 11) is -3.23. The Morgan fingerprint density at radius 1 is 1.44 bits per heavy atom. The minimum absolute atomic E-state index is 0.208. The number of hydrogen-bond donors (Lipinski definition) is 0. The van der Waals surface area contributed by atoms with Crippen LogP contribution in [0.15, 0.2) is 34.2 Å². The van der Waals surface area contributed by atoms with Gasteiger partial charge in [-0.05, 0) is 30.5 Å². The van der Waals surface area contributed by atoms with Gasteiger partial charge >= 0.3 is 0 Å². The summed E-state index contributed by atoms with van der Waals surface area (Å²) in [5.41, 5.74) is 0.535. The van der Waals surface area contributed by atoms with Crippen LogP contribution in [-0.2, 0) is 9.84 Å². The Morgan fingerprint density at radius 3 is 2.39 bits per heavy atom. The van der Waals surface area contributed by atoms with Gasteiger partial charge in [-0.25, -0.2) is 12.8 Å². The highest BCUT2D eigenvalue weighted by molar-refractivity contribution is 8.13. The van der Waals surface area contributed by atoms with Gasteiger partial charge in [-0.2, -0.15) is 5.26 Å². The molecule has 1 aromatic rings. The second-order valence-corrected chi connectivity index (χ2v) is 6.37. The van der Waals surface area contributed by atoms with E-state index in [2.05, 4.69) is 4.99 Å². The van der Waals surface area contributed by atoms with Gasteiger partial charge in [-0.3, -0.25) is 0 Å². The van der Waals surface area contributed by atoms with Crippen molar-refractivity contribution in [1.29, 1.82) is 5.26 Å². The van der Waals surface area contributed by atoms with Gasteiger partial charge in [0.2, 0.25) is 6.19 Å². The normalized spacial score (nSPS) is 12.0. The molecule has 5 nitrogen and oxygen atoms in total. The Balaban J connectivity index is 3.07. The summed E-state index contributed by atoms with van der Waals surface area (Å²) in [6.07, 6.45) is 4.51. The molecular weight excluding hydrogens is 294 g/mol. The topological polar surface area (TPSA) is 73.5 Å². The molecule has 0 atom stereocenters. The number of sulfone groups is 1. The molecule has 0 aliphatic carbocycles. The largest absolute Gasteiger partial charge is 0.230 e. The minimum atomic E-state index is -3.23. The molecule has 0 amide bonds. The lowest BCUT2D eigenvalue weighted by molar-refractivity contribution is 0.602. The zero-order valence-corrected chi connectivity index (χ0v) is 12.1. The van der Waals surface area contributed by atoms with Crippen molar-refractivity contribution in [2.24, 2.45) is 4.99 Å². The Hall–Kier alpha value is -1.23. The average Bonchev–Trinajstić information content (AvgIpc) is 2.34. The highest BCUT2D eigenvalue weighted by Gasteiger charge is 2.12. The van der Waals surface area contributed by atoms with Gasteiger partial charge in [0.15, 0.2) is 15.0 Å². The van der Waals surface area contributed by atoms with Crippen LogP contribution < -0.4 is 4.42 Å². The Morgan fingerprint density at radius 2 is 2.00 bits per heavy atom. The Kier molecular flexibility index (Phi) is 5.02. The van der Waals surface area contributed by atoms with Crippen LogP contribution in [0.5, 0.6) is 0 Å². The number of hydrogen-bond acceptors (Lipinski definition) is 5. The van der Waals surface area contributed by atoms with E-state index in [1.54, 1.807) is 24.6 Å². The number of halogens is 1. The molecule has 0 saturated heterocycles. The molecule has 0 spiro atoms. The number of amidine groups is 1. The quantitative estimate of drug-likeness (QED) is 0.362. The van der Waals surface area contributed by atoms with Crippen molar-refractivity contribution in [3.8, 4) is 6.19 Å². The van der Waals surface area contributed by atoms with Crippen LogP contribution >= 0.6 is 23.5 Å². The summed E-state index contributed by atoms with van der Waals surface area (Å²) in [6, 6.07) is 5.99. The Labute approximate surface area is 115 Å². The highest BCUT2D eigenvalue weighted by Crippen LogP contribution is 2.22. The van der Waals surface area contributed by atoms with Crippen LogP contribution in [-0.4, -0.2) is 26.1 Å². The molecule has 0 radical (unpaired) electrons. The summed E-state index contributed by atoms with van der Waals surface area (Å²) in [6.45, 7) is 0. The van der Waals surface area contributed by atoms with Crippen molar-refractivity contribution in [3.05, 3.63) is 24.3 Å². The second kappa shape index (κ2) is 6.09. The number of anilines is 1. The molecule has 0 heterocycles. The Bertz CT molecular complexity index is 591. The zero-order valence-electron chi connectivity index (χ0n) is 9.66. The van der Waals surface area contributed by atoms with E-state index < -0.39 is 9.84 Å². The summed E-state index contributed by atoms with van der Waals surface area (Å²) in [5.74, 6) is 0. The van der Waals surface area contributed by atoms with Gasteiger partial charge in [0.1, 0.15) is 0 Å². The van der Waals surface area contributed by atoms with Crippen molar-refractivity contribution in [2.45, 2.75) is 4.90 Å². The van der Waals surface area contributed by atoms with Gasteiger partial charge in [0.25, 0.3) is 0 Å². The van der Waals surface area contributed by atoms with Gasteiger partial charge in [-0.15, -0.1) is 4.99 Å². The summed E-state index contributed by atoms with van der Waals surface area (Å²) in [5, 5.41) is 8.81. The SMILES string of the molecule is CSC(=NC#N)N(Cl)c1ccc(S(C)(=O)=O)cc1. The van der Waals surface area contributed by atoms with E-state index in [0.717, 1.165) is 6.26 Å². The first-order chi connectivity index (χ1) is 8.40. The molecule has 0 aliphatic rings. The molecule has 1 rings (SSSR count). The fourth-order valence-corrected chi connectivity index (χ4v) is 2.53. The molecule has 0 N–H and O–H groups in total. The summed E-state index contributed by atoms with van der Waals surface area (Å²) < 4.78 is 23.8. The molecule has 96 valence electrons. The standard InChI is InChI=1S/C10H10ClN3O2S2/c1-17-10(13-7-12)14(11)8-3-5-9(6-4-8)18(2,15)16/h3-6H,1-2H3. The lowest BCUT2D eigenvalue weighted by atomic mass is 10.3. The zero-order chi connectivity index (χ0) is 13.8. The van der Waals surface area contributed by atoms with E-state index in [4.69, 9.17) is 17.0 Å². The number of nitriles is 1. The fourth-order valence-electron chi connectivity index (χ4n) is 1.15. The van der Waals surface area contributed by atoms with E-state index in [1.165, 1.54) is 28.3 Å². The number of thioether (sulfide) groups is 1. The second-order valence-electron chi connectivity index (χ2n) is 3.25. The van der Waals surface area contributed by atoms with E-state index in [-0.39, 0.29) is 4.90 Å². The lowest BCUT2D eigenvalue weighted by Gasteiger charge is -2.15. The first kappa shape index (κ1) is 14.8. The molecule has 0 aromatic heterocycles. The van der Waals surface area contributed by atoms with E-state index in [0.29, 0.717) is 10.9 Å². The molecular formula is C10H10ClN3O2S2. The maximum atomic E-state index is 11.3. The maximum absolute atomic E-state index is 11.3. The average molecular weight is 304 g/mol. The van der Waals surface area contributed by atoms with E-state index in [1.807, 2.05) is 0 Å². The molecule has 0 aliphatic heterocycles. The monoisotopic (exact) mass is 303 g/mol. The van der Waals surface area contributed by atoms with Crippen molar-refractivity contribution in [1.82, 2.24) is 0 Å². The van der Waals surface area contributed by atoms with Crippen molar-refractivity contribution in [2.75, 3.05) is 16.9 Å². The van der Waals surface area contributed by atoms with E-state index >= 15 is 0 Å². The molecule has 1 aromatic carbocycles. The van der Waals surface area contributed by atoms with Gasteiger partial charge in [0.05, 0.1) is 10.6 Å². The number of aliphatic imine (C=N–C) groups is 1.